The van der Waals surface area contributed by atoms with Gasteiger partial charge < -0.3 is 14.2 Å². The molecule has 1 aromatic carbocycles. The van der Waals surface area contributed by atoms with Crippen LogP contribution in [0.4, 0.5) is 4.79 Å². The molecule has 1 amide bonds. The molecule has 0 unspecified atom stereocenters. The zero-order valence-electron chi connectivity index (χ0n) is 13.5. The van der Waals surface area contributed by atoms with Crippen LogP contribution in [-0.2, 0) is 25.6 Å². The van der Waals surface area contributed by atoms with Gasteiger partial charge in [0, 0.05) is 6.42 Å². The zero-order chi connectivity index (χ0) is 17.5. The molecule has 0 N–H and O–H groups in total. The van der Waals surface area contributed by atoms with Gasteiger partial charge in [-0.3, -0.25) is 4.90 Å². The van der Waals surface area contributed by atoms with Gasteiger partial charge in [-0.2, -0.15) is 0 Å². The van der Waals surface area contributed by atoms with Crippen molar-refractivity contribution in [2.45, 2.75) is 25.2 Å². The van der Waals surface area contributed by atoms with Crippen LogP contribution in [0.15, 0.2) is 30.3 Å². The average Bonchev–Trinajstić information content (AvgIpc) is 3.03. The fourth-order valence-corrected chi connectivity index (χ4v) is 2.80. The lowest BCUT2D eigenvalue weighted by Crippen LogP contribution is -2.41. The van der Waals surface area contributed by atoms with E-state index in [0.717, 1.165) is 5.56 Å². The van der Waals surface area contributed by atoms with Gasteiger partial charge in [0.15, 0.2) is 0 Å². The van der Waals surface area contributed by atoms with Crippen LogP contribution in [0.2, 0.25) is 0 Å². The lowest BCUT2D eigenvalue weighted by Gasteiger charge is -2.21. The van der Waals surface area contributed by atoms with E-state index in [-0.39, 0.29) is 19.3 Å². The fraction of sp³-hybridized carbons (Fsp3) is 0.438. The average molecular weight is 369 g/mol. The molecule has 1 aliphatic rings. The fourth-order valence-electron chi connectivity index (χ4n) is 2.43. The molecule has 6 nitrogen and oxygen atoms in total. The Kier molecular flexibility index (Phi) is 6.86. The highest BCUT2D eigenvalue weighted by Gasteiger charge is 2.42. The summed E-state index contributed by atoms with van der Waals surface area (Å²) in [5.74, 6) is -0.493. The molecule has 0 radical (unpaired) electrons. The third kappa shape index (κ3) is 4.85. The van der Waals surface area contributed by atoms with E-state index in [0.29, 0.717) is 10.8 Å². The lowest BCUT2D eigenvalue weighted by atomic mass is 10.2. The molecule has 2 atom stereocenters. The van der Waals surface area contributed by atoms with Crippen molar-refractivity contribution in [2.24, 2.45) is 0 Å². The first-order valence-corrected chi connectivity index (χ1v) is 8.98. The van der Waals surface area contributed by atoms with E-state index < -0.39 is 18.1 Å². The highest BCUT2D eigenvalue weighted by molar-refractivity contribution is 8.22. The van der Waals surface area contributed by atoms with Crippen LogP contribution in [0, 0.1) is 0 Å². The number of rotatable bonds is 4. The number of hydrogen-bond donors (Lipinski definition) is 0. The first-order chi connectivity index (χ1) is 11.5. The summed E-state index contributed by atoms with van der Waals surface area (Å²) >= 11 is 6.34. The monoisotopic (exact) mass is 369 g/mol. The molecule has 2 rings (SSSR count). The number of esters is 1. The van der Waals surface area contributed by atoms with Crippen molar-refractivity contribution in [3.8, 4) is 0 Å². The van der Waals surface area contributed by atoms with Crippen LogP contribution in [-0.4, -0.2) is 53.4 Å². The Bertz CT molecular complexity index is 595. The second-order valence-electron chi connectivity index (χ2n) is 5.16. The van der Waals surface area contributed by atoms with E-state index in [2.05, 4.69) is 0 Å². The van der Waals surface area contributed by atoms with E-state index in [1.807, 2.05) is 30.3 Å². The molecular formula is C16H19NO5S2. The van der Waals surface area contributed by atoms with Gasteiger partial charge in [0.2, 0.25) is 4.38 Å². The molecule has 0 bridgehead atoms. The summed E-state index contributed by atoms with van der Waals surface area (Å²) in [4.78, 5) is 25.6. The van der Waals surface area contributed by atoms with Crippen molar-refractivity contribution < 1.29 is 23.8 Å². The first-order valence-electron chi connectivity index (χ1n) is 7.35. The number of methoxy groups -OCH3 is 1. The molecule has 8 heteroatoms. The first kappa shape index (κ1) is 18.5. The van der Waals surface area contributed by atoms with Crippen LogP contribution >= 0.6 is 24.0 Å². The Morgan fingerprint density at radius 1 is 1.33 bits per heavy atom. The number of benzene rings is 1. The standard InChI is InChI=1S/C16H19NO5S2/c1-20-14(18)13-8-12(22-16(23)24-2)9-17(13)15(19)21-10-11-6-4-3-5-7-11/h3-7,12-13H,8-10H2,1-2H3/t12-,13+/m1/s1. The number of carbonyl (C=O) groups is 2. The van der Waals surface area contributed by atoms with Crippen molar-refractivity contribution in [3.05, 3.63) is 35.9 Å². The predicted molar refractivity (Wildman–Crippen MR) is 94.7 cm³/mol. The number of thioether (sulfide) groups is 1. The van der Waals surface area contributed by atoms with Crippen molar-refractivity contribution in [3.63, 3.8) is 0 Å². The molecule has 1 saturated heterocycles. The second kappa shape index (κ2) is 8.89. The molecule has 1 heterocycles. The smallest absolute Gasteiger partial charge is 0.410 e. The molecule has 0 saturated carbocycles. The Balaban J connectivity index is 1.99. The third-order valence-corrected chi connectivity index (χ3v) is 4.63. The summed E-state index contributed by atoms with van der Waals surface area (Å²) in [6, 6.07) is 8.60. The number of carbonyl (C=O) groups excluding carboxylic acids is 2. The Labute approximate surface area is 150 Å². The molecule has 1 fully saturated rings. The molecule has 1 aliphatic heterocycles. The highest BCUT2D eigenvalue weighted by atomic mass is 32.2. The maximum absolute atomic E-state index is 12.4. The van der Waals surface area contributed by atoms with Gasteiger partial charge in [-0.05, 0) is 24.0 Å². The van der Waals surface area contributed by atoms with Gasteiger partial charge in [0.1, 0.15) is 18.8 Å². The van der Waals surface area contributed by atoms with E-state index in [1.165, 1.54) is 23.8 Å². The Hall–Kier alpha value is -1.80. The highest BCUT2D eigenvalue weighted by Crippen LogP contribution is 2.24. The summed E-state index contributed by atoms with van der Waals surface area (Å²) in [6.45, 7) is 0.368. The zero-order valence-corrected chi connectivity index (χ0v) is 15.1. The van der Waals surface area contributed by atoms with Crippen LogP contribution in [0.25, 0.3) is 0 Å². The number of hydrogen-bond acceptors (Lipinski definition) is 7. The number of amides is 1. The third-order valence-electron chi connectivity index (χ3n) is 3.61. The molecule has 24 heavy (non-hydrogen) atoms. The molecule has 0 aromatic heterocycles. The SMILES string of the molecule is COC(=O)[C@@H]1C[C@@H](OC(=S)SC)CN1C(=O)OCc1ccccc1. The van der Waals surface area contributed by atoms with E-state index in [4.69, 9.17) is 26.4 Å². The second-order valence-corrected chi connectivity index (χ2v) is 6.57. The van der Waals surface area contributed by atoms with Gasteiger partial charge in [-0.1, -0.05) is 42.1 Å². The topological polar surface area (TPSA) is 65.1 Å². The van der Waals surface area contributed by atoms with Gasteiger partial charge >= 0.3 is 12.1 Å². The van der Waals surface area contributed by atoms with Crippen molar-refractivity contribution in [2.75, 3.05) is 19.9 Å². The van der Waals surface area contributed by atoms with E-state index >= 15 is 0 Å². The number of ether oxygens (including phenoxy) is 3. The molecule has 0 aliphatic carbocycles. The summed E-state index contributed by atoms with van der Waals surface area (Å²) in [7, 11) is 1.29. The van der Waals surface area contributed by atoms with E-state index in [1.54, 1.807) is 6.26 Å². The number of likely N-dealkylation sites (tertiary alicyclic amines) is 1. The molecular weight excluding hydrogens is 350 g/mol. The summed E-state index contributed by atoms with van der Waals surface area (Å²) < 4.78 is 16.0. The lowest BCUT2D eigenvalue weighted by molar-refractivity contribution is -0.145. The minimum absolute atomic E-state index is 0.138. The van der Waals surface area contributed by atoms with Crippen LogP contribution < -0.4 is 0 Å². The summed E-state index contributed by atoms with van der Waals surface area (Å²) in [6.07, 6.45) is 1.21. The maximum Gasteiger partial charge on any atom is 0.410 e. The quantitative estimate of drug-likeness (QED) is 0.597. The minimum atomic E-state index is -0.729. The van der Waals surface area contributed by atoms with Crippen molar-refractivity contribution in [1.29, 1.82) is 0 Å². The number of thiocarbonyl (C=S) groups is 1. The van der Waals surface area contributed by atoms with Gasteiger partial charge in [0.05, 0.1) is 13.7 Å². The summed E-state index contributed by atoms with van der Waals surface area (Å²) in [5, 5.41) is 0. The Morgan fingerprint density at radius 3 is 2.67 bits per heavy atom. The van der Waals surface area contributed by atoms with Crippen LogP contribution in [0.3, 0.4) is 0 Å². The van der Waals surface area contributed by atoms with Crippen molar-refractivity contribution in [1.82, 2.24) is 4.90 Å². The largest absolute Gasteiger partial charge is 0.473 e. The van der Waals surface area contributed by atoms with Crippen LogP contribution in [0.5, 0.6) is 0 Å². The normalized spacial score (nSPS) is 19.7. The molecule has 1 aromatic rings. The molecule has 0 spiro atoms. The van der Waals surface area contributed by atoms with Gasteiger partial charge in [-0.25, -0.2) is 9.59 Å². The predicted octanol–water partition coefficient (Wildman–Crippen LogP) is 2.60. The molecule has 130 valence electrons. The van der Waals surface area contributed by atoms with Gasteiger partial charge in [0.25, 0.3) is 0 Å². The van der Waals surface area contributed by atoms with Crippen molar-refractivity contribution >= 4 is 40.4 Å². The summed E-state index contributed by atoms with van der Waals surface area (Å²) in [5.41, 5.74) is 0.871. The van der Waals surface area contributed by atoms with Crippen LogP contribution in [0.1, 0.15) is 12.0 Å². The van der Waals surface area contributed by atoms with E-state index in [9.17, 15) is 9.59 Å². The van der Waals surface area contributed by atoms with Gasteiger partial charge in [-0.15, -0.1) is 0 Å². The minimum Gasteiger partial charge on any atom is -0.473 e. The number of nitrogens with zero attached hydrogens (tertiary/aromatic N) is 1. The Morgan fingerprint density at radius 2 is 2.04 bits per heavy atom. The maximum atomic E-state index is 12.4.